The van der Waals surface area contributed by atoms with Gasteiger partial charge >= 0.3 is 0 Å². The number of fused-ring (bicyclic) bond motifs is 2. The van der Waals surface area contributed by atoms with E-state index in [-0.39, 0.29) is 0 Å². The normalized spacial score (nSPS) is 35.6. The van der Waals surface area contributed by atoms with Crippen molar-refractivity contribution in [3.05, 3.63) is 21.9 Å². The van der Waals surface area contributed by atoms with Crippen molar-refractivity contribution in [2.24, 2.45) is 16.7 Å². The minimum absolute atomic E-state index is 0.346. The van der Waals surface area contributed by atoms with Gasteiger partial charge in [-0.15, -0.1) is 0 Å². The second-order valence-corrected chi connectivity index (χ2v) is 8.20. The van der Waals surface area contributed by atoms with Gasteiger partial charge in [0.2, 0.25) is 0 Å². The topological polar surface area (TPSA) is 24.9 Å². The Morgan fingerprint density at radius 1 is 1.42 bits per heavy atom. The predicted octanol–water partition coefficient (Wildman–Crippen LogP) is 5.12. The van der Waals surface area contributed by atoms with Crippen LogP contribution in [0.25, 0.3) is 0 Å². The average Bonchev–Trinajstić information content (AvgIpc) is 2.80. The molecule has 0 amide bonds. The van der Waals surface area contributed by atoms with Crippen molar-refractivity contribution in [1.29, 1.82) is 0 Å². The molecule has 2 fully saturated rings. The van der Waals surface area contributed by atoms with Gasteiger partial charge in [0.25, 0.3) is 0 Å². The monoisotopic (exact) mass is 342 g/mol. The number of rotatable bonds is 2. The van der Waals surface area contributed by atoms with Crippen molar-refractivity contribution < 1.29 is 0 Å². The summed E-state index contributed by atoms with van der Waals surface area (Å²) in [6.07, 6.45) is 5.89. The van der Waals surface area contributed by atoms with Gasteiger partial charge in [-0.3, -0.25) is 0 Å². The summed E-state index contributed by atoms with van der Waals surface area (Å²) < 4.78 is 0.852. The number of hydrogen-bond donors (Lipinski definition) is 1. The number of halogens is 2. The molecular formula is C15H20BrClN2. The number of nitrogens with zero attached hydrogens (tertiary/aromatic N) is 1. The van der Waals surface area contributed by atoms with Gasteiger partial charge < -0.3 is 5.32 Å². The summed E-state index contributed by atoms with van der Waals surface area (Å²) in [7, 11) is 0. The van der Waals surface area contributed by atoms with E-state index in [4.69, 9.17) is 11.6 Å². The molecule has 3 unspecified atom stereocenters. The van der Waals surface area contributed by atoms with Crippen LogP contribution >= 0.6 is 27.5 Å². The van der Waals surface area contributed by atoms with Gasteiger partial charge in [0.1, 0.15) is 5.15 Å². The molecule has 2 saturated carbocycles. The molecule has 4 heteroatoms. The summed E-state index contributed by atoms with van der Waals surface area (Å²) in [5, 5.41) is 4.24. The molecule has 3 atom stereocenters. The van der Waals surface area contributed by atoms with Gasteiger partial charge in [0.15, 0.2) is 0 Å². The van der Waals surface area contributed by atoms with Crippen molar-refractivity contribution in [3.8, 4) is 0 Å². The first-order valence-electron chi connectivity index (χ1n) is 6.90. The third-order valence-electron chi connectivity index (χ3n) is 5.38. The zero-order valence-corrected chi connectivity index (χ0v) is 14.0. The second-order valence-electron chi connectivity index (χ2n) is 6.99. The van der Waals surface area contributed by atoms with E-state index in [1.54, 1.807) is 0 Å². The van der Waals surface area contributed by atoms with Gasteiger partial charge in [0, 0.05) is 6.04 Å². The molecular weight excluding hydrogens is 324 g/mol. The van der Waals surface area contributed by atoms with Crippen LogP contribution in [0.4, 0.5) is 5.69 Å². The molecule has 1 N–H and O–H groups in total. The highest BCUT2D eigenvalue weighted by molar-refractivity contribution is 9.10. The van der Waals surface area contributed by atoms with Crippen LogP contribution in [0.2, 0.25) is 5.15 Å². The van der Waals surface area contributed by atoms with E-state index in [2.05, 4.69) is 47.0 Å². The van der Waals surface area contributed by atoms with Crippen LogP contribution in [0.1, 0.15) is 40.0 Å². The molecule has 0 radical (unpaired) electrons. The Balaban J connectivity index is 1.88. The molecule has 0 spiro atoms. The lowest BCUT2D eigenvalue weighted by Gasteiger charge is -2.43. The summed E-state index contributed by atoms with van der Waals surface area (Å²) in [6, 6.07) is 2.54. The third-order valence-corrected chi connectivity index (χ3v) is 6.51. The Labute approximate surface area is 128 Å². The number of pyridine rings is 1. The number of nitrogens with one attached hydrogen (secondary N) is 1. The molecule has 2 bridgehead atoms. The van der Waals surface area contributed by atoms with Crippen molar-refractivity contribution in [1.82, 2.24) is 4.98 Å². The van der Waals surface area contributed by atoms with Crippen molar-refractivity contribution in [2.45, 2.75) is 46.1 Å². The standard InChI is InChI=1S/C15H20BrClN2/c1-14(2)9-4-5-15(3,7-9)13(14)19-10-6-11(16)12(17)18-8-10/h6,8-9,13,19H,4-5,7H2,1-3H3. The van der Waals surface area contributed by atoms with Crippen LogP contribution in [0.3, 0.4) is 0 Å². The highest BCUT2D eigenvalue weighted by Crippen LogP contribution is 2.63. The largest absolute Gasteiger partial charge is 0.380 e. The zero-order chi connectivity index (χ0) is 13.8. The summed E-state index contributed by atoms with van der Waals surface area (Å²) in [5.41, 5.74) is 1.82. The number of hydrogen-bond acceptors (Lipinski definition) is 2. The summed E-state index contributed by atoms with van der Waals surface area (Å²) in [5.74, 6) is 0.846. The fourth-order valence-electron chi connectivity index (χ4n) is 4.33. The molecule has 0 saturated heterocycles. The quantitative estimate of drug-likeness (QED) is 0.753. The Morgan fingerprint density at radius 3 is 2.74 bits per heavy atom. The Bertz CT molecular complexity index is 512. The zero-order valence-electron chi connectivity index (χ0n) is 11.6. The highest BCUT2D eigenvalue weighted by Gasteiger charge is 2.59. The lowest BCUT2D eigenvalue weighted by molar-refractivity contribution is 0.155. The SMILES string of the molecule is CC12CCC(C1)C(C)(C)C2Nc1cnc(Cl)c(Br)c1. The van der Waals surface area contributed by atoms with E-state index in [1.807, 2.05) is 12.3 Å². The first-order valence-corrected chi connectivity index (χ1v) is 8.08. The fraction of sp³-hybridized carbons (Fsp3) is 0.667. The highest BCUT2D eigenvalue weighted by atomic mass is 79.9. The molecule has 104 valence electrons. The molecule has 3 rings (SSSR count). The molecule has 2 aliphatic rings. The Kier molecular flexibility index (Phi) is 3.14. The maximum atomic E-state index is 5.96. The van der Waals surface area contributed by atoms with Gasteiger partial charge in [-0.2, -0.15) is 0 Å². The lowest BCUT2D eigenvalue weighted by atomic mass is 9.68. The van der Waals surface area contributed by atoms with Gasteiger partial charge in [-0.05, 0) is 58.0 Å². The predicted molar refractivity (Wildman–Crippen MR) is 83.6 cm³/mol. The molecule has 2 nitrogen and oxygen atoms in total. The maximum absolute atomic E-state index is 5.96. The van der Waals surface area contributed by atoms with E-state index in [0.717, 1.165) is 16.1 Å². The summed E-state index contributed by atoms with van der Waals surface area (Å²) >= 11 is 9.40. The first kappa shape index (κ1) is 13.7. The van der Waals surface area contributed by atoms with E-state index in [1.165, 1.54) is 19.3 Å². The Morgan fingerprint density at radius 2 is 2.16 bits per heavy atom. The molecule has 0 aromatic carbocycles. The van der Waals surface area contributed by atoms with E-state index in [9.17, 15) is 0 Å². The van der Waals surface area contributed by atoms with Gasteiger partial charge in [-0.25, -0.2) is 4.98 Å². The number of anilines is 1. The van der Waals surface area contributed by atoms with Gasteiger partial charge in [0.05, 0.1) is 16.4 Å². The lowest BCUT2D eigenvalue weighted by Crippen LogP contribution is -2.45. The minimum atomic E-state index is 0.346. The first-order chi connectivity index (χ1) is 8.83. The third kappa shape index (κ3) is 2.09. The van der Waals surface area contributed by atoms with Gasteiger partial charge in [-0.1, -0.05) is 32.4 Å². The summed E-state index contributed by atoms with van der Waals surface area (Å²) in [4.78, 5) is 4.21. The van der Waals surface area contributed by atoms with Crippen LogP contribution in [0.5, 0.6) is 0 Å². The molecule has 2 aliphatic carbocycles. The molecule has 1 aromatic rings. The van der Waals surface area contributed by atoms with Crippen LogP contribution in [-0.4, -0.2) is 11.0 Å². The van der Waals surface area contributed by atoms with E-state index >= 15 is 0 Å². The molecule has 1 heterocycles. The Hall–Kier alpha value is -0.280. The van der Waals surface area contributed by atoms with Crippen LogP contribution < -0.4 is 5.32 Å². The van der Waals surface area contributed by atoms with E-state index < -0.39 is 0 Å². The second kappa shape index (κ2) is 4.36. The van der Waals surface area contributed by atoms with Crippen molar-refractivity contribution >= 4 is 33.2 Å². The summed E-state index contributed by atoms with van der Waals surface area (Å²) in [6.45, 7) is 7.23. The number of aromatic nitrogens is 1. The molecule has 1 aromatic heterocycles. The fourth-order valence-corrected chi connectivity index (χ4v) is 4.78. The molecule has 19 heavy (non-hydrogen) atoms. The van der Waals surface area contributed by atoms with Crippen molar-refractivity contribution in [3.63, 3.8) is 0 Å². The average molecular weight is 344 g/mol. The maximum Gasteiger partial charge on any atom is 0.143 e. The van der Waals surface area contributed by atoms with Crippen LogP contribution in [0.15, 0.2) is 16.7 Å². The molecule has 0 aliphatic heterocycles. The van der Waals surface area contributed by atoms with E-state index in [0.29, 0.717) is 22.0 Å². The smallest absolute Gasteiger partial charge is 0.143 e. The minimum Gasteiger partial charge on any atom is -0.380 e. The van der Waals surface area contributed by atoms with Crippen LogP contribution in [-0.2, 0) is 0 Å². The van der Waals surface area contributed by atoms with Crippen molar-refractivity contribution in [2.75, 3.05) is 5.32 Å². The van der Waals surface area contributed by atoms with Crippen LogP contribution in [0, 0.1) is 16.7 Å².